The fraction of sp³-hybridized carbons (Fsp3) is 0.923. The molecule has 2 unspecified atom stereocenters. The number of nitrogens with two attached hydrogens (primary N) is 1. The van der Waals surface area contributed by atoms with Crippen LogP contribution in [0.25, 0.3) is 0 Å². The van der Waals surface area contributed by atoms with E-state index in [-0.39, 0.29) is 11.6 Å². The molecule has 3 N–H and O–H groups in total. The topological polar surface area (TPSA) is 61.6 Å². The molecule has 0 bridgehead atoms. The van der Waals surface area contributed by atoms with Crippen LogP contribution < -0.4 is 11.1 Å². The number of amides is 2. The van der Waals surface area contributed by atoms with Gasteiger partial charge in [-0.3, -0.25) is 0 Å². The number of nitrogens with one attached hydrogen (secondary N) is 1. The number of hydrogen-bond donors (Lipinski definition) is 2. The molecule has 2 saturated heterocycles. The molecule has 2 fully saturated rings. The number of urea groups is 1. The van der Waals surface area contributed by atoms with E-state index < -0.39 is 0 Å². The third-order valence-electron chi connectivity index (χ3n) is 3.84. The first kappa shape index (κ1) is 13.6. The Bertz CT molecular complexity index is 313. The van der Waals surface area contributed by atoms with Gasteiger partial charge < -0.3 is 20.9 Å². The molecule has 2 aliphatic rings. The van der Waals surface area contributed by atoms with Gasteiger partial charge in [0.1, 0.15) is 0 Å². The van der Waals surface area contributed by atoms with Crippen LogP contribution in [0.4, 0.5) is 4.79 Å². The normalized spacial score (nSPS) is 30.7. The third-order valence-corrected chi connectivity index (χ3v) is 3.84. The molecule has 2 aliphatic heterocycles. The van der Waals surface area contributed by atoms with Crippen molar-refractivity contribution < 1.29 is 4.79 Å². The van der Waals surface area contributed by atoms with Crippen LogP contribution in [0.5, 0.6) is 0 Å². The van der Waals surface area contributed by atoms with Gasteiger partial charge in [-0.25, -0.2) is 4.79 Å². The highest BCUT2D eigenvalue weighted by molar-refractivity contribution is 5.77. The second kappa shape index (κ2) is 5.05. The number of likely N-dealkylation sites (tertiary alicyclic amines) is 1. The standard InChI is InChI=1S/C13H26N4O/c1-13(2,14)9-17-8-11(15-12(17)18)10-5-4-6-16(3)7-10/h10-11H,4-9,14H2,1-3H3,(H,15,18). The molecule has 0 aromatic rings. The zero-order valence-corrected chi connectivity index (χ0v) is 11.8. The highest BCUT2D eigenvalue weighted by Gasteiger charge is 2.36. The molecule has 104 valence electrons. The number of carbonyl (C=O) groups excluding carboxylic acids is 1. The van der Waals surface area contributed by atoms with Crippen molar-refractivity contribution in [1.29, 1.82) is 0 Å². The van der Waals surface area contributed by atoms with Gasteiger partial charge in [0.2, 0.25) is 0 Å². The van der Waals surface area contributed by atoms with Crippen molar-refractivity contribution in [3.8, 4) is 0 Å². The minimum Gasteiger partial charge on any atom is -0.333 e. The van der Waals surface area contributed by atoms with E-state index >= 15 is 0 Å². The van der Waals surface area contributed by atoms with Crippen LogP contribution in [0, 0.1) is 5.92 Å². The van der Waals surface area contributed by atoms with Gasteiger partial charge in [0.15, 0.2) is 0 Å². The van der Waals surface area contributed by atoms with Crippen LogP contribution in [-0.2, 0) is 0 Å². The molecule has 0 aromatic heterocycles. The monoisotopic (exact) mass is 254 g/mol. The van der Waals surface area contributed by atoms with E-state index in [1.165, 1.54) is 19.4 Å². The average Bonchev–Trinajstić information content (AvgIpc) is 2.58. The smallest absolute Gasteiger partial charge is 0.317 e. The first-order chi connectivity index (χ1) is 8.35. The maximum Gasteiger partial charge on any atom is 0.317 e. The van der Waals surface area contributed by atoms with Crippen molar-refractivity contribution in [1.82, 2.24) is 15.1 Å². The first-order valence-electron chi connectivity index (χ1n) is 6.88. The summed E-state index contributed by atoms with van der Waals surface area (Å²) in [5, 5.41) is 3.12. The molecule has 2 atom stereocenters. The predicted octanol–water partition coefficient (Wildman–Crippen LogP) is 0.459. The lowest BCUT2D eigenvalue weighted by molar-refractivity contribution is 0.178. The van der Waals surface area contributed by atoms with Gasteiger partial charge in [0.05, 0.1) is 6.04 Å². The number of rotatable bonds is 3. The lowest BCUT2D eigenvalue weighted by atomic mass is 9.91. The van der Waals surface area contributed by atoms with Crippen LogP contribution >= 0.6 is 0 Å². The maximum absolute atomic E-state index is 11.9. The van der Waals surface area contributed by atoms with Crippen LogP contribution in [0.2, 0.25) is 0 Å². The van der Waals surface area contributed by atoms with Crippen LogP contribution in [0.3, 0.4) is 0 Å². The lowest BCUT2D eigenvalue weighted by Gasteiger charge is -2.33. The van der Waals surface area contributed by atoms with Crippen molar-refractivity contribution >= 4 is 6.03 Å². The number of hydrogen-bond acceptors (Lipinski definition) is 3. The van der Waals surface area contributed by atoms with E-state index in [4.69, 9.17) is 5.73 Å². The fourth-order valence-corrected chi connectivity index (χ4v) is 3.05. The Labute approximate surface area is 110 Å². The van der Waals surface area contributed by atoms with Gasteiger partial charge in [-0.05, 0) is 46.2 Å². The third kappa shape index (κ3) is 3.36. The molecule has 0 spiro atoms. The minimum atomic E-state index is -0.324. The van der Waals surface area contributed by atoms with Gasteiger partial charge >= 0.3 is 6.03 Å². The minimum absolute atomic E-state index is 0.0479. The molecule has 2 amide bonds. The average molecular weight is 254 g/mol. The molecule has 5 nitrogen and oxygen atoms in total. The molecule has 2 rings (SSSR count). The largest absolute Gasteiger partial charge is 0.333 e. The Hall–Kier alpha value is -0.810. The van der Waals surface area contributed by atoms with Crippen molar-refractivity contribution in [2.24, 2.45) is 11.7 Å². The zero-order valence-electron chi connectivity index (χ0n) is 11.8. The zero-order chi connectivity index (χ0) is 13.3. The van der Waals surface area contributed by atoms with Gasteiger partial charge in [-0.1, -0.05) is 0 Å². The fourth-order valence-electron chi connectivity index (χ4n) is 3.05. The van der Waals surface area contributed by atoms with Gasteiger partial charge in [0.25, 0.3) is 0 Å². The highest BCUT2D eigenvalue weighted by atomic mass is 16.2. The Kier molecular flexibility index (Phi) is 3.82. The predicted molar refractivity (Wildman–Crippen MR) is 72.4 cm³/mol. The van der Waals surface area contributed by atoms with Crippen molar-refractivity contribution in [2.75, 3.05) is 33.2 Å². The van der Waals surface area contributed by atoms with E-state index in [1.807, 2.05) is 18.7 Å². The van der Waals surface area contributed by atoms with Crippen LogP contribution in [0.15, 0.2) is 0 Å². The molecule has 0 radical (unpaired) electrons. The Morgan fingerprint density at radius 2 is 2.17 bits per heavy atom. The maximum atomic E-state index is 11.9. The highest BCUT2D eigenvalue weighted by Crippen LogP contribution is 2.22. The van der Waals surface area contributed by atoms with E-state index in [0.717, 1.165) is 13.1 Å². The summed E-state index contributed by atoms with van der Waals surface area (Å²) in [5.41, 5.74) is 5.67. The van der Waals surface area contributed by atoms with E-state index in [2.05, 4.69) is 17.3 Å². The quantitative estimate of drug-likeness (QED) is 0.769. The number of carbonyl (C=O) groups is 1. The molecule has 0 aliphatic carbocycles. The lowest BCUT2D eigenvalue weighted by Crippen LogP contribution is -2.46. The van der Waals surface area contributed by atoms with Gasteiger partial charge in [-0.2, -0.15) is 0 Å². The summed E-state index contributed by atoms with van der Waals surface area (Å²) in [7, 11) is 2.16. The van der Waals surface area contributed by atoms with Gasteiger partial charge in [0, 0.05) is 25.2 Å². The molecule has 5 heteroatoms. The molecule has 0 saturated carbocycles. The van der Waals surface area contributed by atoms with E-state index in [1.54, 1.807) is 0 Å². The van der Waals surface area contributed by atoms with Crippen molar-refractivity contribution in [3.05, 3.63) is 0 Å². The SMILES string of the molecule is CN1CCCC(C2CN(CC(C)(C)N)C(=O)N2)C1. The molecular formula is C13H26N4O. The summed E-state index contributed by atoms with van der Waals surface area (Å²) in [5.74, 6) is 0.582. The second-order valence-corrected chi connectivity index (χ2v) is 6.59. The Balaban J connectivity index is 1.91. The number of nitrogens with zero attached hydrogens (tertiary/aromatic N) is 2. The van der Waals surface area contributed by atoms with E-state index in [9.17, 15) is 4.79 Å². The summed E-state index contributed by atoms with van der Waals surface area (Å²) in [6, 6.07) is 0.342. The molecule has 0 aromatic carbocycles. The number of piperidine rings is 1. The summed E-state index contributed by atoms with van der Waals surface area (Å²) in [6.45, 7) is 7.61. The van der Waals surface area contributed by atoms with Gasteiger partial charge in [-0.15, -0.1) is 0 Å². The summed E-state index contributed by atoms with van der Waals surface area (Å²) in [6.07, 6.45) is 2.45. The van der Waals surface area contributed by atoms with Crippen LogP contribution in [-0.4, -0.2) is 60.6 Å². The summed E-state index contributed by atoms with van der Waals surface area (Å²) >= 11 is 0. The Morgan fingerprint density at radius 3 is 2.78 bits per heavy atom. The van der Waals surface area contributed by atoms with Crippen molar-refractivity contribution in [2.45, 2.75) is 38.3 Å². The molecule has 2 heterocycles. The van der Waals surface area contributed by atoms with Crippen molar-refractivity contribution in [3.63, 3.8) is 0 Å². The summed E-state index contributed by atoms with van der Waals surface area (Å²) in [4.78, 5) is 16.1. The van der Waals surface area contributed by atoms with Crippen LogP contribution in [0.1, 0.15) is 26.7 Å². The molecule has 18 heavy (non-hydrogen) atoms. The van der Waals surface area contributed by atoms with E-state index in [0.29, 0.717) is 18.5 Å². The molecular weight excluding hydrogens is 228 g/mol. The summed E-state index contributed by atoms with van der Waals surface area (Å²) < 4.78 is 0. The first-order valence-corrected chi connectivity index (χ1v) is 6.88. The second-order valence-electron chi connectivity index (χ2n) is 6.59. The Morgan fingerprint density at radius 1 is 1.44 bits per heavy atom.